The Balaban J connectivity index is 2.92. The van der Waals surface area contributed by atoms with Gasteiger partial charge in [-0.3, -0.25) is 4.98 Å². The van der Waals surface area contributed by atoms with Crippen molar-refractivity contribution in [2.24, 2.45) is 0 Å². The first-order valence-electron chi connectivity index (χ1n) is 3.97. The molecule has 0 fully saturated rings. The van der Waals surface area contributed by atoms with E-state index in [1.165, 1.54) is 12.3 Å². The molecule has 0 N–H and O–H groups in total. The van der Waals surface area contributed by atoms with Gasteiger partial charge in [0.15, 0.2) is 11.6 Å². The summed E-state index contributed by atoms with van der Waals surface area (Å²) in [6, 6.07) is 4.43. The zero-order valence-corrected chi connectivity index (χ0v) is 8.85. The second kappa shape index (κ2) is 3.55. The Labute approximate surface area is 92.3 Å². The van der Waals surface area contributed by atoms with Gasteiger partial charge in [0.05, 0.1) is 5.56 Å². The summed E-state index contributed by atoms with van der Waals surface area (Å²) in [5.74, 6) is -2.24. The van der Waals surface area contributed by atoms with Crippen LogP contribution in [0.15, 0.2) is 22.8 Å². The van der Waals surface area contributed by atoms with Crippen LogP contribution >= 0.6 is 15.9 Å². The van der Waals surface area contributed by atoms with Crippen molar-refractivity contribution in [2.45, 2.75) is 0 Å². The van der Waals surface area contributed by atoms with E-state index < -0.39 is 11.6 Å². The molecule has 0 aliphatic rings. The Bertz CT molecular complexity index is 590. The van der Waals surface area contributed by atoms with Crippen LogP contribution in [0, 0.1) is 23.0 Å². The summed E-state index contributed by atoms with van der Waals surface area (Å²) in [5.41, 5.74) is -0.394. The molecule has 0 bridgehead atoms. The maximum absolute atomic E-state index is 13.4. The number of benzene rings is 1. The molecule has 0 saturated carbocycles. The zero-order chi connectivity index (χ0) is 11.0. The predicted molar refractivity (Wildman–Crippen MR) is 54.1 cm³/mol. The largest absolute Gasteiger partial charge is 0.252 e. The molecule has 0 unspecified atom stereocenters. The van der Waals surface area contributed by atoms with Crippen molar-refractivity contribution < 1.29 is 8.78 Å². The summed E-state index contributed by atoms with van der Waals surface area (Å²) >= 11 is 3.16. The molecule has 0 aliphatic heterocycles. The summed E-state index contributed by atoms with van der Waals surface area (Å²) in [5, 5.41) is 8.97. The molecule has 1 aromatic heterocycles. The molecule has 2 nitrogen and oxygen atoms in total. The first-order chi connectivity index (χ1) is 7.13. The van der Waals surface area contributed by atoms with Crippen LogP contribution in [0.5, 0.6) is 0 Å². The first-order valence-corrected chi connectivity index (χ1v) is 4.76. The van der Waals surface area contributed by atoms with E-state index in [1.54, 1.807) is 12.1 Å². The predicted octanol–water partition coefficient (Wildman–Crippen LogP) is 3.15. The lowest BCUT2D eigenvalue weighted by atomic mass is 10.1. The average molecular weight is 269 g/mol. The van der Waals surface area contributed by atoms with E-state index in [-0.39, 0.29) is 11.1 Å². The average Bonchev–Trinajstić information content (AvgIpc) is 2.23. The summed E-state index contributed by atoms with van der Waals surface area (Å²) in [4.78, 5) is 3.75. The second-order valence-corrected chi connectivity index (χ2v) is 3.80. The number of rotatable bonds is 0. The van der Waals surface area contributed by atoms with Gasteiger partial charge in [0, 0.05) is 16.1 Å². The lowest BCUT2D eigenvalue weighted by Crippen LogP contribution is -1.94. The third kappa shape index (κ3) is 1.57. The van der Waals surface area contributed by atoms with Gasteiger partial charge in [-0.15, -0.1) is 0 Å². The van der Waals surface area contributed by atoms with Crippen LogP contribution in [0.1, 0.15) is 5.56 Å². The highest BCUT2D eigenvalue weighted by molar-refractivity contribution is 9.10. The van der Waals surface area contributed by atoms with E-state index >= 15 is 0 Å². The monoisotopic (exact) mass is 268 g/mol. The SMILES string of the molecule is N#Cc1cc2cc(Br)cnc2c(F)c1F. The zero-order valence-electron chi connectivity index (χ0n) is 7.26. The highest BCUT2D eigenvalue weighted by Gasteiger charge is 2.14. The number of nitrogens with zero attached hydrogens (tertiary/aromatic N) is 2. The first kappa shape index (κ1) is 9.99. The number of aromatic nitrogens is 1. The van der Waals surface area contributed by atoms with E-state index in [0.29, 0.717) is 9.86 Å². The van der Waals surface area contributed by atoms with Crippen molar-refractivity contribution >= 4 is 26.8 Å². The van der Waals surface area contributed by atoms with Crippen molar-refractivity contribution in [3.05, 3.63) is 40.0 Å². The number of pyridine rings is 1. The van der Waals surface area contributed by atoms with Crippen LogP contribution < -0.4 is 0 Å². The summed E-state index contributed by atoms with van der Waals surface area (Å²) < 4.78 is 27.2. The minimum absolute atomic E-state index is 0.0744. The van der Waals surface area contributed by atoms with Crippen molar-refractivity contribution in [2.75, 3.05) is 0 Å². The number of hydrogen-bond donors (Lipinski definition) is 0. The van der Waals surface area contributed by atoms with E-state index in [9.17, 15) is 8.78 Å². The topological polar surface area (TPSA) is 36.7 Å². The molecule has 0 aliphatic carbocycles. The van der Waals surface area contributed by atoms with Crippen LogP contribution in [0.25, 0.3) is 10.9 Å². The number of fused-ring (bicyclic) bond motifs is 1. The molecule has 0 atom stereocenters. The Morgan fingerprint density at radius 2 is 2.00 bits per heavy atom. The van der Waals surface area contributed by atoms with Gasteiger partial charge in [0.25, 0.3) is 0 Å². The van der Waals surface area contributed by atoms with Crippen LogP contribution in [-0.2, 0) is 0 Å². The number of halogens is 3. The standard InChI is InChI=1S/C10H3BrF2N2/c11-7-2-5-1-6(3-14)8(12)9(13)10(5)15-4-7/h1-2,4H. The minimum Gasteiger partial charge on any atom is -0.252 e. The van der Waals surface area contributed by atoms with Crippen molar-refractivity contribution in [3.63, 3.8) is 0 Å². The fourth-order valence-corrected chi connectivity index (χ4v) is 1.62. The van der Waals surface area contributed by atoms with Crippen LogP contribution in [0.4, 0.5) is 8.78 Å². The molecule has 74 valence electrons. The molecule has 2 rings (SSSR count). The quantitative estimate of drug-likeness (QED) is 0.736. The molecule has 0 amide bonds. The van der Waals surface area contributed by atoms with Gasteiger partial charge in [-0.2, -0.15) is 5.26 Å². The third-order valence-corrected chi connectivity index (χ3v) is 2.37. The van der Waals surface area contributed by atoms with Gasteiger partial charge in [-0.1, -0.05) is 0 Å². The Hall–Kier alpha value is -1.54. The summed E-state index contributed by atoms with van der Waals surface area (Å²) in [6.07, 6.45) is 1.37. The maximum Gasteiger partial charge on any atom is 0.186 e. The molecular formula is C10H3BrF2N2. The van der Waals surface area contributed by atoms with Gasteiger partial charge in [-0.25, -0.2) is 8.78 Å². The van der Waals surface area contributed by atoms with E-state index in [2.05, 4.69) is 20.9 Å². The number of hydrogen-bond acceptors (Lipinski definition) is 2. The van der Waals surface area contributed by atoms with E-state index in [1.807, 2.05) is 0 Å². The molecule has 0 spiro atoms. The van der Waals surface area contributed by atoms with E-state index in [4.69, 9.17) is 5.26 Å². The second-order valence-electron chi connectivity index (χ2n) is 2.89. The van der Waals surface area contributed by atoms with Crippen LogP contribution in [-0.4, -0.2) is 4.98 Å². The summed E-state index contributed by atoms with van der Waals surface area (Å²) in [6.45, 7) is 0. The van der Waals surface area contributed by atoms with Crippen molar-refractivity contribution in [1.82, 2.24) is 4.98 Å². The molecule has 1 heterocycles. The molecule has 15 heavy (non-hydrogen) atoms. The smallest absolute Gasteiger partial charge is 0.186 e. The van der Waals surface area contributed by atoms with Gasteiger partial charge in [0.2, 0.25) is 0 Å². The van der Waals surface area contributed by atoms with Gasteiger partial charge in [0.1, 0.15) is 11.6 Å². The Kier molecular flexibility index (Phi) is 2.37. The van der Waals surface area contributed by atoms with Crippen LogP contribution in [0.2, 0.25) is 0 Å². The highest BCUT2D eigenvalue weighted by Crippen LogP contribution is 2.23. The fraction of sp³-hybridized carbons (Fsp3) is 0. The lowest BCUT2D eigenvalue weighted by Gasteiger charge is -2.01. The Morgan fingerprint density at radius 3 is 2.67 bits per heavy atom. The maximum atomic E-state index is 13.4. The molecular weight excluding hydrogens is 266 g/mol. The van der Waals surface area contributed by atoms with Gasteiger partial charge < -0.3 is 0 Å². The van der Waals surface area contributed by atoms with Crippen molar-refractivity contribution in [3.8, 4) is 6.07 Å². The molecule has 2 aromatic rings. The normalized spacial score (nSPS) is 10.3. The highest BCUT2D eigenvalue weighted by atomic mass is 79.9. The third-order valence-electron chi connectivity index (χ3n) is 1.94. The molecule has 5 heteroatoms. The Morgan fingerprint density at radius 1 is 1.27 bits per heavy atom. The minimum atomic E-state index is -1.15. The number of nitriles is 1. The molecule has 1 aromatic carbocycles. The molecule has 0 saturated heterocycles. The molecule has 0 radical (unpaired) electrons. The van der Waals surface area contributed by atoms with Crippen molar-refractivity contribution in [1.29, 1.82) is 5.26 Å². The van der Waals surface area contributed by atoms with E-state index in [0.717, 1.165) is 0 Å². The van der Waals surface area contributed by atoms with Gasteiger partial charge in [-0.05, 0) is 28.1 Å². The van der Waals surface area contributed by atoms with Crippen LogP contribution in [0.3, 0.4) is 0 Å². The lowest BCUT2D eigenvalue weighted by molar-refractivity contribution is 0.513. The fourth-order valence-electron chi connectivity index (χ4n) is 1.27. The van der Waals surface area contributed by atoms with Gasteiger partial charge >= 0.3 is 0 Å². The summed E-state index contributed by atoms with van der Waals surface area (Å²) in [7, 11) is 0.